The molecule has 0 aliphatic heterocycles. The number of carbonyl (C=O) groups excluding carboxylic acids is 2. The number of unbranched alkanes of at least 4 members (excludes halogenated alkanes) is 1. The second kappa shape index (κ2) is 8.71. The fraction of sp³-hybridized carbons (Fsp3) is 0.421. The average Bonchev–Trinajstić information content (AvgIpc) is 2.85. The number of halogens is 1. The lowest BCUT2D eigenvalue weighted by molar-refractivity contribution is -0.116. The quantitative estimate of drug-likeness (QED) is 0.581. The van der Waals surface area contributed by atoms with Crippen LogP contribution in [0.25, 0.3) is 0 Å². The largest absolute Gasteiger partial charge is 0.310 e. The van der Waals surface area contributed by atoms with Crippen molar-refractivity contribution in [2.45, 2.75) is 26.2 Å². The minimum absolute atomic E-state index is 0.0370. The topological polar surface area (TPSA) is 67.2 Å². The maximum Gasteiger partial charge on any atom is 0.225 e. The molecule has 2 aromatic rings. The average molecular weight is 360 g/mol. The standard InChI is InChI=1S/C19H25FN4O2/c1-13-17(18(26)14-9-5-6-10-15(14)20)19(24(4)22-13)21-16(25)11-7-8-12-23(2)3/h5-6,9-10H,7-8,11-12H2,1-4H3,(H,21,25). The Bertz CT molecular complexity index is 799. The molecule has 140 valence electrons. The highest BCUT2D eigenvalue weighted by molar-refractivity contribution is 6.14. The molecule has 2 rings (SSSR count). The van der Waals surface area contributed by atoms with Crippen LogP contribution in [0.4, 0.5) is 10.2 Å². The van der Waals surface area contributed by atoms with E-state index in [-0.39, 0.29) is 17.0 Å². The fourth-order valence-electron chi connectivity index (χ4n) is 2.76. The van der Waals surface area contributed by atoms with Gasteiger partial charge < -0.3 is 10.2 Å². The molecule has 1 aromatic heterocycles. The minimum atomic E-state index is -0.596. The molecule has 7 heteroatoms. The van der Waals surface area contributed by atoms with Gasteiger partial charge in [0.1, 0.15) is 11.6 Å². The van der Waals surface area contributed by atoms with Crippen LogP contribution in [0.15, 0.2) is 24.3 Å². The van der Waals surface area contributed by atoms with Gasteiger partial charge in [-0.3, -0.25) is 14.3 Å². The maximum atomic E-state index is 14.0. The number of hydrogen-bond donors (Lipinski definition) is 1. The molecule has 0 radical (unpaired) electrons. The normalized spacial score (nSPS) is 11.0. The lowest BCUT2D eigenvalue weighted by atomic mass is 10.0. The van der Waals surface area contributed by atoms with Gasteiger partial charge in [0.05, 0.1) is 16.8 Å². The number of aromatic nitrogens is 2. The zero-order valence-electron chi connectivity index (χ0n) is 15.7. The summed E-state index contributed by atoms with van der Waals surface area (Å²) in [6, 6.07) is 5.79. The molecule has 0 spiro atoms. The molecular formula is C19H25FN4O2. The Balaban J connectivity index is 2.16. The predicted molar refractivity (Wildman–Crippen MR) is 98.8 cm³/mol. The molecule has 1 N–H and O–H groups in total. The SMILES string of the molecule is Cc1nn(C)c(NC(=O)CCCCN(C)C)c1C(=O)c1ccccc1F. The second-order valence-electron chi connectivity index (χ2n) is 6.55. The van der Waals surface area contributed by atoms with E-state index >= 15 is 0 Å². The van der Waals surface area contributed by atoms with E-state index in [1.54, 1.807) is 20.0 Å². The molecule has 0 saturated heterocycles. The van der Waals surface area contributed by atoms with Crippen LogP contribution in [0.3, 0.4) is 0 Å². The number of hydrogen-bond acceptors (Lipinski definition) is 4. The van der Waals surface area contributed by atoms with E-state index in [2.05, 4.69) is 15.3 Å². The van der Waals surface area contributed by atoms with Crippen molar-refractivity contribution in [2.24, 2.45) is 7.05 Å². The van der Waals surface area contributed by atoms with Crippen molar-refractivity contribution < 1.29 is 14.0 Å². The van der Waals surface area contributed by atoms with Crippen molar-refractivity contribution in [3.8, 4) is 0 Å². The first-order valence-corrected chi connectivity index (χ1v) is 8.58. The van der Waals surface area contributed by atoms with E-state index in [0.717, 1.165) is 19.4 Å². The van der Waals surface area contributed by atoms with Gasteiger partial charge in [0, 0.05) is 13.5 Å². The van der Waals surface area contributed by atoms with Crippen LogP contribution in [0.2, 0.25) is 0 Å². The number of nitrogens with one attached hydrogen (secondary N) is 1. The molecule has 0 saturated carbocycles. The summed E-state index contributed by atoms with van der Waals surface area (Å²) < 4.78 is 15.4. The molecule has 6 nitrogen and oxygen atoms in total. The van der Waals surface area contributed by atoms with Gasteiger partial charge in [-0.1, -0.05) is 12.1 Å². The zero-order chi connectivity index (χ0) is 19.3. The van der Waals surface area contributed by atoms with Gasteiger partial charge in [0.2, 0.25) is 11.7 Å². The van der Waals surface area contributed by atoms with Crippen molar-refractivity contribution in [1.82, 2.24) is 14.7 Å². The highest BCUT2D eigenvalue weighted by atomic mass is 19.1. The van der Waals surface area contributed by atoms with Gasteiger partial charge in [-0.15, -0.1) is 0 Å². The monoisotopic (exact) mass is 360 g/mol. The smallest absolute Gasteiger partial charge is 0.225 e. The number of carbonyl (C=O) groups is 2. The van der Waals surface area contributed by atoms with E-state index < -0.39 is 11.6 Å². The molecule has 26 heavy (non-hydrogen) atoms. The summed E-state index contributed by atoms with van der Waals surface area (Å²) in [5, 5.41) is 6.97. The van der Waals surface area contributed by atoms with Crippen molar-refractivity contribution in [2.75, 3.05) is 26.0 Å². The molecule has 1 heterocycles. The highest BCUT2D eigenvalue weighted by Crippen LogP contribution is 2.24. The van der Waals surface area contributed by atoms with E-state index in [1.165, 1.54) is 22.9 Å². The second-order valence-corrected chi connectivity index (χ2v) is 6.55. The van der Waals surface area contributed by atoms with Gasteiger partial charge >= 0.3 is 0 Å². The number of benzene rings is 1. The van der Waals surface area contributed by atoms with Gasteiger partial charge in [0.15, 0.2) is 0 Å². The number of aryl methyl sites for hydroxylation is 2. The van der Waals surface area contributed by atoms with Crippen LogP contribution in [-0.4, -0.2) is 47.0 Å². The van der Waals surface area contributed by atoms with E-state index in [9.17, 15) is 14.0 Å². The zero-order valence-corrected chi connectivity index (χ0v) is 15.7. The highest BCUT2D eigenvalue weighted by Gasteiger charge is 2.24. The van der Waals surface area contributed by atoms with E-state index in [1.807, 2.05) is 14.1 Å². The Hall–Kier alpha value is -2.54. The summed E-state index contributed by atoms with van der Waals surface area (Å²) in [7, 11) is 5.62. The van der Waals surface area contributed by atoms with Gasteiger partial charge in [-0.2, -0.15) is 5.10 Å². The molecule has 0 aliphatic carbocycles. The fourth-order valence-corrected chi connectivity index (χ4v) is 2.76. The van der Waals surface area contributed by atoms with Crippen molar-refractivity contribution in [3.63, 3.8) is 0 Å². The Morgan fingerprint density at radius 3 is 2.58 bits per heavy atom. The Labute approximate surface area is 153 Å². The molecule has 0 aliphatic rings. The first kappa shape index (κ1) is 19.8. The van der Waals surface area contributed by atoms with Crippen molar-refractivity contribution in [3.05, 3.63) is 46.9 Å². The number of rotatable bonds is 8. The number of ketones is 1. The van der Waals surface area contributed by atoms with Crippen LogP contribution in [0, 0.1) is 12.7 Å². The Morgan fingerprint density at radius 2 is 1.92 bits per heavy atom. The number of amides is 1. The van der Waals surface area contributed by atoms with Crippen molar-refractivity contribution in [1.29, 1.82) is 0 Å². The summed E-state index contributed by atoms with van der Waals surface area (Å²) in [4.78, 5) is 27.1. The molecule has 1 aromatic carbocycles. The summed E-state index contributed by atoms with van der Waals surface area (Å²) in [5.41, 5.74) is 0.632. The van der Waals surface area contributed by atoms with Crippen LogP contribution in [0.1, 0.15) is 40.9 Å². The third-order valence-corrected chi connectivity index (χ3v) is 4.08. The predicted octanol–water partition coefficient (Wildman–Crippen LogP) is 2.77. The maximum absolute atomic E-state index is 14.0. The van der Waals surface area contributed by atoms with Crippen LogP contribution >= 0.6 is 0 Å². The first-order chi connectivity index (χ1) is 12.3. The van der Waals surface area contributed by atoms with Crippen LogP contribution in [0.5, 0.6) is 0 Å². The lowest BCUT2D eigenvalue weighted by Gasteiger charge is -2.10. The summed E-state index contributed by atoms with van der Waals surface area (Å²) in [6.45, 7) is 2.58. The molecular weight excluding hydrogens is 335 g/mol. The van der Waals surface area contributed by atoms with Crippen LogP contribution < -0.4 is 5.32 Å². The summed E-state index contributed by atoms with van der Waals surface area (Å²) >= 11 is 0. The Kier molecular flexibility index (Phi) is 6.63. The molecule has 1 amide bonds. The van der Waals surface area contributed by atoms with Gasteiger partial charge in [-0.25, -0.2) is 4.39 Å². The molecule has 0 unspecified atom stereocenters. The lowest BCUT2D eigenvalue weighted by Crippen LogP contribution is -2.18. The number of nitrogens with zero attached hydrogens (tertiary/aromatic N) is 3. The Morgan fingerprint density at radius 1 is 1.23 bits per heavy atom. The first-order valence-electron chi connectivity index (χ1n) is 8.58. The summed E-state index contributed by atoms with van der Waals surface area (Å²) in [6.07, 6.45) is 2.01. The van der Waals surface area contributed by atoms with Gasteiger partial charge in [-0.05, 0) is 52.5 Å². The van der Waals surface area contributed by atoms with Crippen LogP contribution in [-0.2, 0) is 11.8 Å². The van der Waals surface area contributed by atoms with Crippen molar-refractivity contribution >= 4 is 17.5 Å². The molecule has 0 fully saturated rings. The third-order valence-electron chi connectivity index (χ3n) is 4.08. The molecule has 0 atom stereocenters. The van der Waals surface area contributed by atoms with E-state index in [4.69, 9.17) is 0 Å². The van der Waals surface area contributed by atoms with E-state index in [0.29, 0.717) is 17.9 Å². The number of anilines is 1. The third kappa shape index (κ3) is 4.76. The summed E-state index contributed by atoms with van der Waals surface area (Å²) in [5.74, 6) is -0.971. The van der Waals surface area contributed by atoms with Gasteiger partial charge in [0.25, 0.3) is 0 Å². The molecule has 0 bridgehead atoms. The minimum Gasteiger partial charge on any atom is -0.310 e.